The van der Waals surface area contributed by atoms with Crippen LogP contribution in [0.1, 0.15) is 56.7 Å². The van der Waals surface area contributed by atoms with Gasteiger partial charge in [0.2, 0.25) is 0 Å². The summed E-state index contributed by atoms with van der Waals surface area (Å²) in [5, 5.41) is 0. The SMILES string of the molecule is CCCc1cc(C(=O)N2CCC(C(=O)c3ccc4c(c3)OCCO4)CC2)sc1C. The number of likely N-dealkylation sites (tertiary alicyclic amines) is 1. The van der Waals surface area contributed by atoms with Crippen molar-refractivity contribution in [3.63, 3.8) is 0 Å². The molecule has 2 aliphatic rings. The molecule has 6 heteroatoms. The summed E-state index contributed by atoms with van der Waals surface area (Å²) < 4.78 is 11.1. The standard InChI is InChI=1S/C23H27NO4S/c1-3-4-17-14-21(29-15(17)2)23(26)24-9-7-16(8-10-24)22(25)18-5-6-19-20(13-18)28-12-11-27-19/h5-6,13-14,16H,3-4,7-12H2,1-2H3. The van der Waals surface area contributed by atoms with Gasteiger partial charge < -0.3 is 14.4 Å². The number of aryl methyl sites for hydroxylation is 2. The number of carbonyl (C=O) groups is 2. The van der Waals surface area contributed by atoms with Crippen molar-refractivity contribution in [2.24, 2.45) is 5.92 Å². The Labute approximate surface area is 175 Å². The van der Waals surface area contributed by atoms with Crippen molar-refractivity contribution in [2.45, 2.75) is 39.5 Å². The fraction of sp³-hybridized carbons (Fsp3) is 0.478. The average Bonchev–Trinajstić information content (AvgIpc) is 3.13. The maximum atomic E-state index is 13.0. The zero-order valence-corrected chi connectivity index (χ0v) is 17.8. The first-order chi connectivity index (χ1) is 14.1. The molecular formula is C23H27NO4S. The number of piperidine rings is 1. The van der Waals surface area contributed by atoms with Gasteiger partial charge in [0.1, 0.15) is 13.2 Å². The number of benzene rings is 1. The number of ether oxygens (including phenoxy) is 2. The molecule has 4 rings (SSSR count). The molecule has 2 aliphatic heterocycles. The quantitative estimate of drug-likeness (QED) is 0.677. The maximum Gasteiger partial charge on any atom is 0.263 e. The Morgan fingerprint density at radius 3 is 2.55 bits per heavy atom. The van der Waals surface area contributed by atoms with Crippen LogP contribution in [-0.4, -0.2) is 42.9 Å². The third kappa shape index (κ3) is 4.17. The topological polar surface area (TPSA) is 55.8 Å². The van der Waals surface area contributed by atoms with E-state index in [1.165, 1.54) is 10.4 Å². The highest BCUT2D eigenvalue weighted by molar-refractivity contribution is 7.14. The number of thiophene rings is 1. The van der Waals surface area contributed by atoms with Crippen molar-refractivity contribution in [3.8, 4) is 11.5 Å². The number of ketones is 1. The van der Waals surface area contributed by atoms with E-state index >= 15 is 0 Å². The lowest BCUT2D eigenvalue weighted by Crippen LogP contribution is -2.40. The number of rotatable bonds is 5. The molecule has 0 N–H and O–H groups in total. The lowest BCUT2D eigenvalue weighted by Gasteiger charge is -2.31. The van der Waals surface area contributed by atoms with Gasteiger partial charge in [-0.3, -0.25) is 9.59 Å². The van der Waals surface area contributed by atoms with Crippen LogP contribution in [0.3, 0.4) is 0 Å². The van der Waals surface area contributed by atoms with Crippen LogP contribution in [-0.2, 0) is 6.42 Å². The van der Waals surface area contributed by atoms with Gasteiger partial charge in [0, 0.05) is 29.4 Å². The van der Waals surface area contributed by atoms with Crippen molar-refractivity contribution in [3.05, 3.63) is 45.1 Å². The van der Waals surface area contributed by atoms with Crippen LogP contribution >= 0.6 is 11.3 Å². The van der Waals surface area contributed by atoms with Crippen molar-refractivity contribution in [2.75, 3.05) is 26.3 Å². The molecule has 5 nitrogen and oxygen atoms in total. The summed E-state index contributed by atoms with van der Waals surface area (Å²) in [6.07, 6.45) is 3.50. The van der Waals surface area contributed by atoms with Gasteiger partial charge in [-0.2, -0.15) is 0 Å². The lowest BCUT2D eigenvalue weighted by atomic mass is 9.88. The number of carbonyl (C=O) groups excluding carboxylic acids is 2. The van der Waals surface area contributed by atoms with Crippen LogP contribution in [0.5, 0.6) is 11.5 Å². The number of Topliss-reactive ketones (excluding diaryl/α,β-unsaturated/α-hetero) is 1. The smallest absolute Gasteiger partial charge is 0.263 e. The van der Waals surface area contributed by atoms with Crippen molar-refractivity contribution in [1.29, 1.82) is 0 Å². The van der Waals surface area contributed by atoms with Gasteiger partial charge in [-0.05, 0) is 56.0 Å². The highest BCUT2D eigenvalue weighted by Gasteiger charge is 2.30. The zero-order valence-electron chi connectivity index (χ0n) is 17.0. The first kappa shape index (κ1) is 20.0. The van der Waals surface area contributed by atoms with E-state index in [2.05, 4.69) is 19.9 Å². The number of nitrogens with zero attached hydrogens (tertiary/aromatic N) is 1. The molecule has 1 fully saturated rings. The van der Waals surface area contributed by atoms with Gasteiger partial charge in [0.25, 0.3) is 5.91 Å². The Bertz CT molecular complexity index is 912. The van der Waals surface area contributed by atoms with E-state index < -0.39 is 0 Å². The van der Waals surface area contributed by atoms with E-state index in [1.807, 2.05) is 17.0 Å². The molecule has 1 aromatic heterocycles. The predicted molar refractivity (Wildman–Crippen MR) is 113 cm³/mol. The molecular weight excluding hydrogens is 386 g/mol. The molecule has 1 amide bonds. The highest BCUT2D eigenvalue weighted by atomic mass is 32.1. The second-order valence-electron chi connectivity index (χ2n) is 7.73. The third-order valence-electron chi connectivity index (χ3n) is 5.73. The van der Waals surface area contributed by atoms with E-state index in [-0.39, 0.29) is 17.6 Å². The highest BCUT2D eigenvalue weighted by Crippen LogP contribution is 2.33. The number of amides is 1. The van der Waals surface area contributed by atoms with Gasteiger partial charge in [-0.25, -0.2) is 0 Å². The minimum atomic E-state index is -0.0534. The van der Waals surface area contributed by atoms with Crippen molar-refractivity contribution in [1.82, 2.24) is 4.90 Å². The Hall–Kier alpha value is -2.34. The first-order valence-electron chi connectivity index (χ1n) is 10.4. The van der Waals surface area contributed by atoms with Crippen LogP contribution in [0, 0.1) is 12.8 Å². The summed E-state index contributed by atoms with van der Waals surface area (Å²) >= 11 is 1.59. The van der Waals surface area contributed by atoms with E-state index in [0.717, 1.165) is 17.7 Å². The van der Waals surface area contributed by atoms with Gasteiger partial charge in [-0.1, -0.05) is 13.3 Å². The molecule has 0 atom stereocenters. The summed E-state index contributed by atoms with van der Waals surface area (Å²) in [7, 11) is 0. The van der Waals surface area contributed by atoms with Crippen LogP contribution in [0.15, 0.2) is 24.3 Å². The van der Waals surface area contributed by atoms with E-state index in [1.54, 1.807) is 17.4 Å². The largest absolute Gasteiger partial charge is 0.486 e. The minimum Gasteiger partial charge on any atom is -0.486 e. The van der Waals surface area contributed by atoms with Crippen LogP contribution in [0.2, 0.25) is 0 Å². The van der Waals surface area contributed by atoms with E-state index in [0.29, 0.717) is 56.2 Å². The van der Waals surface area contributed by atoms with Crippen LogP contribution < -0.4 is 9.47 Å². The van der Waals surface area contributed by atoms with Crippen molar-refractivity contribution < 1.29 is 19.1 Å². The number of hydrogen-bond donors (Lipinski definition) is 0. The second kappa shape index (κ2) is 8.57. The van der Waals surface area contributed by atoms with Gasteiger partial charge in [0.15, 0.2) is 17.3 Å². The lowest BCUT2D eigenvalue weighted by molar-refractivity contribution is 0.0654. The fourth-order valence-electron chi connectivity index (χ4n) is 4.08. The van der Waals surface area contributed by atoms with Crippen LogP contribution in [0.4, 0.5) is 0 Å². The van der Waals surface area contributed by atoms with Crippen LogP contribution in [0.25, 0.3) is 0 Å². The van der Waals surface area contributed by atoms with Crippen molar-refractivity contribution >= 4 is 23.0 Å². The molecule has 2 aromatic rings. The average molecular weight is 414 g/mol. The fourth-order valence-corrected chi connectivity index (χ4v) is 5.12. The van der Waals surface area contributed by atoms with Gasteiger partial charge >= 0.3 is 0 Å². The summed E-state index contributed by atoms with van der Waals surface area (Å²) in [6.45, 7) is 6.54. The Kier molecular flexibility index (Phi) is 5.90. The molecule has 1 aromatic carbocycles. The second-order valence-corrected chi connectivity index (χ2v) is 8.99. The first-order valence-corrected chi connectivity index (χ1v) is 11.2. The summed E-state index contributed by atoms with van der Waals surface area (Å²) in [5.74, 6) is 1.52. The van der Waals surface area contributed by atoms with Gasteiger partial charge in [0.05, 0.1) is 4.88 Å². The third-order valence-corrected chi connectivity index (χ3v) is 6.81. The van der Waals surface area contributed by atoms with E-state index in [4.69, 9.17) is 9.47 Å². The molecule has 0 bridgehead atoms. The number of fused-ring (bicyclic) bond motifs is 1. The maximum absolute atomic E-state index is 13.0. The minimum absolute atomic E-state index is 0.0534. The molecule has 0 saturated carbocycles. The molecule has 0 radical (unpaired) electrons. The normalized spacial score (nSPS) is 16.7. The zero-order chi connectivity index (χ0) is 20.4. The number of hydrogen-bond acceptors (Lipinski definition) is 5. The summed E-state index contributed by atoms with van der Waals surface area (Å²) in [5.41, 5.74) is 1.95. The molecule has 154 valence electrons. The summed E-state index contributed by atoms with van der Waals surface area (Å²) in [4.78, 5) is 29.8. The van der Waals surface area contributed by atoms with Gasteiger partial charge in [-0.15, -0.1) is 11.3 Å². The Morgan fingerprint density at radius 1 is 1.10 bits per heavy atom. The molecule has 3 heterocycles. The Morgan fingerprint density at radius 2 is 1.83 bits per heavy atom. The monoisotopic (exact) mass is 413 g/mol. The molecule has 29 heavy (non-hydrogen) atoms. The molecule has 0 spiro atoms. The summed E-state index contributed by atoms with van der Waals surface area (Å²) in [6, 6.07) is 7.47. The molecule has 0 aliphatic carbocycles. The molecule has 0 unspecified atom stereocenters. The predicted octanol–water partition coefficient (Wildman–Crippen LogP) is 4.52. The van der Waals surface area contributed by atoms with E-state index in [9.17, 15) is 9.59 Å². The molecule has 1 saturated heterocycles. The Balaban J connectivity index is 1.38.